The first-order valence-electron chi connectivity index (χ1n) is 5.94. The second kappa shape index (κ2) is 8.08. The van der Waals surface area contributed by atoms with Crippen LogP contribution in [-0.4, -0.2) is 23.9 Å². The summed E-state index contributed by atoms with van der Waals surface area (Å²) >= 11 is 3.72. The number of hydrogen-bond acceptors (Lipinski definition) is 5. The Morgan fingerprint density at radius 3 is 2.82 bits per heavy atom. The summed E-state index contributed by atoms with van der Waals surface area (Å²) < 4.78 is 5.20. The number of aromatic nitrogens is 1. The third-order valence-electron chi connectivity index (χ3n) is 2.20. The molecular formula is C12H22N2OS2. The van der Waals surface area contributed by atoms with Crippen LogP contribution in [0.2, 0.25) is 0 Å². The molecule has 0 spiro atoms. The number of methoxy groups -OCH3 is 1. The molecule has 0 aliphatic rings. The van der Waals surface area contributed by atoms with E-state index in [1.807, 2.05) is 11.8 Å². The highest BCUT2D eigenvalue weighted by atomic mass is 32.2. The van der Waals surface area contributed by atoms with Crippen LogP contribution in [0.25, 0.3) is 0 Å². The Labute approximate surface area is 112 Å². The number of thiazole rings is 1. The van der Waals surface area contributed by atoms with Gasteiger partial charge in [-0.2, -0.15) is 11.8 Å². The Kier molecular flexibility index (Phi) is 7.11. The maximum absolute atomic E-state index is 5.20. The zero-order valence-corrected chi connectivity index (χ0v) is 12.7. The van der Waals surface area contributed by atoms with Crippen LogP contribution >= 0.6 is 23.1 Å². The number of nitrogens with one attached hydrogen (secondary N) is 1. The molecule has 5 heteroatoms. The van der Waals surface area contributed by atoms with Crippen LogP contribution in [0, 0.1) is 0 Å². The lowest BCUT2D eigenvalue weighted by atomic mass is 10.3. The first-order chi connectivity index (χ1) is 8.17. The number of ether oxygens (including phenoxy) is 1. The topological polar surface area (TPSA) is 34.1 Å². The molecule has 0 atom stereocenters. The molecule has 0 saturated heterocycles. The van der Waals surface area contributed by atoms with Crippen LogP contribution in [0.5, 0.6) is 0 Å². The number of hydrogen-bond donors (Lipinski definition) is 1. The van der Waals surface area contributed by atoms with Crippen LogP contribution in [0.1, 0.15) is 36.3 Å². The number of rotatable bonds is 8. The molecule has 0 aromatic carbocycles. The van der Waals surface area contributed by atoms with Crippen LogP contribution in [0.3, 0.4) is 0 Å². The average molecular weight is 274 g/mol. The summed E-state index contributed by atoms with van der Waals surface area (Å²) in [6.45, 7) is 8.00. The molecule has 0 unspecified atom stereocenters. The Bertz CT molecular complexity index is 326. The van der Waals surface area contributed by atoms with E-state index in [1.165, 1.54) is 9.88 Å². The van der Waals surface area contributed by atoms with Gasteiger partial charge in [0.1, 0.15) is 5.01 Å². The molecule has 1 rings (SSSR count). The third-order valence-corrected chi connectivity index (χ3v) is 4.37. The summed E-state index contributed by atoms with van der Waals surface area (Å²) in [6.07, 6.45) is 0. The Balaban J connectivity index is 2.66. The van der Waals surface area contributed by atoms with Crippen LogP contribution < -0.4 is 5.32 Å². The lowest BCUT2D eigenvalue weighted by Crippen LogP contribution is -2.21. The largest absolute Gasteiger partial charge is 0.378 e. The number of nitrogens with zero attached hydrogens (tertiary/aromatic N) is 1. The fourth-order valence-electron chi connectivity index (χ4n) is 1.37. The molecule has 1 aromatic heterocycles. The van der Waals surface area contributed by atoms with Gasteiger partial charge in [-0.05, 0) is 5.75 Å². The molecule has 0 fully saturated rings. The van der Waals surface area contributed by atoms with Crippen molar-refractivity contribution in [2.45, 2.75) is 45.7 Å². The van der Waals surface area contributed by atoms with E-state index < -0.39 is 0 Å². The van der Waals surface area contributed by atoms with E-state index in [-0.39, 0.29) is 0 Å². The zero-order valence-electron chi connectivity index (χ0n) is 11.1. The van der Waals surface area contributed by atoms with Gasteiger partial charge in [0, 0.05) is 30.3 Å². The highest BCUT2D eigenvalue weighted by Gasteiger charge is 2.11. The zero-order chi connectivity index (χ0) is 12.7. The van der Waals surface area contributed by atoms with Crippen molar-refractivity contribution in [2.24, 2.45) is 0 Å². The predicted octanol–water partition coefficient (Wildman–Crippen LogP) is 3.04. The van der Waals surface area contributed by atoms with Gasteiger partial charge in [-0.15, -0.1) is 11.3 Å². The van der Waals surface area contributed by atoms with Crippen molar-refractivity contribution in [3.63, 3.8) is 0 Å². The minimum atomic E-state index is 0.501. The van der Waals surface area contributed by atoms with Crippen molar-refractivity contribution in [1.29, 1.82) is 0 Å². The maximum Gasteiger partial charge on any atom is 0.103 e. The summed E-state index contributed by atoms with van der Waals surface area (Å²) in [4.78, 5) is 5.96. The molecular weight excluding hydrogens is 252 g/mol. The number of thioether (sulfide) groups is 1. The van der Waals surface area contributed by atoms with Crippen molar-refractivity contribution in [3.05, 3.63) is 15.6 Å². The van der Waals surface area contributed by atoms with Crippen molar-refractivity contribution in [1.82, 2.24) is 10.3 Å². The summed E-state index contributed by atoms with van der Waals surface area (Å²) in [7, 11) is 1.72. The van der Waals surface area contributed by atoms with Crippen molar-refractivity contribution in [3.8, 4) is 0 Å². The Hall–Kier alpha value is -0.100. The molecule has 0 bridgehead atoms. The monoisotopic (exact) mass is 274 g/mol. The van der Waals surface area contributed by atoms with Crippen LogP contribution in [0.15, 0.2) is 0 Å². The van der Waals surface area contributed by atoms with Gasteiger partial charge in [0.2, 0.25) is 0 Å². The molecule has 1 heterocycles. The molecule has 0 radical (unpaired) electrons. The van der Waals surface area contributed by atoms with Crippen LogP contribution in [0.4, 0.5) is 0 Å². The molecule has 1 aromatic rings. The molecule has 0 aliphatic heterocycles. The summed E-state index contributed by atoms with van der Waals surface area (Å²) in [5, 5.41) is 4.65. The van der Waals surface area contributed by atoms with E-state index in [0.717, 1.165) is 23.7 Å². The van der Waals surface area contributed by atoms with Gasteiger partial charge >= 0.3 is 0 Å². The van der Waals surface area contributed by atoms with E-state index in [1.54, 1.807) is 18.4 Å². The standard InChI is InChI=1S/C12H22N2OS2/c1-5-16-8-12-14-10(7-15-4)11(17-12)6-13-9(2)3/h9,13H,5-8H2,1-4H3. The molecule has 0 amide bonds. The lowest BCUT2D eigenvalue weighted by Gasteiger charge is -2.07. The van der Waals surface area contributed by atoms with Gasteiger partial charge in [0.25, 0.3) is 0 Å². The molecule has 98 valence electrons. The molecule has 0 aliphatic carbocycles. The van der Waals surface area contributed by atoms with E-state index in [0.29, 0.717) is 12.6 Å². The maximum atomic E-state index is 5.20. The van der Waals surface area contributed by atoms with E-state index >= 15 is 0 Å². The van der Waals surface area contributed by atoms with E-state index in [9.17, 15) is 0 Å². The molecule has 0 saturated carbocycles. The van der Waals surface area contributed by atoms with E-state index in [4.69, 9.17) is 4.74 Å². The first-order valence-corrected chi connectivity index (χ1v) is 7.92. The average Bonchev–Trinajstić information content (AvgIpc) is 2.67. The normalized spacial score (nSPS) is 11.4. The van der Waals surface area contributed by atoms with Gasteiger partial charge in [-0.3, -0.25) is 0 Å². The first kappa shape index (κ1) is 15.0. The molecule has 3 nitrogen and oxygen atoms in total. The minimum Gasteiger partial charge on any atom is -0.378 e. The fourth-order valence-corrected chi connectivity index (χ4v) is 3.12. The quantitative estimate of drug-likeness (QED) is 0.790. The predicted molar refractivity (Wildman–Crippen MR) is 76.6 cm³/mol. The Morgan fingerprint density at radius 1 is 1.47 bits per heavy atom. The molecule has 1 N–H and O–H groups in total. The smallest absolute Gasteiger partial charge is 0.103 e. The van der Waals surface area contributed by atoms with Gasteiger partial charge in [-0.25, -0.2) is 4.98 Å². The van der Waals surface area contributed by atoms with E-state index in [2.05, 4.69) is 31.1 Å². The fraction of sp³-hybridized carbons (Fsp3) is 0.750. The van der Waals surface area contributed by atoms with Crippen molar-refractivity contribution < 1.29 is 4.74 Å². The van der Waals surface area contributed by atoms with Gasteiger partial charge in [0.05, 0.1) is 12.3 Å². The highest BCUT2D eigenvalue weighted by molar-refractivity contribution is 7.98. The van der Waals surface area contributed by atoms with Crippen molar-refractivity contribution >= 4 is 23.1 Å². The highest BCUT2D eigenvalue weighted by Crippen LogP contribution is 2.23. The van der Waals surface area contributed by atoms with Gasteiger partial charge in [0.15, 0.2) is 0 Å². The van der Waals surface area contributed by atoms with Gasteiger partial charge < -0.3 is 10.1 Å². The van der Waals surface area contributed by atoms with Crippen LogP contribution in [-0.2, 0) is 23.6 Å². The summed E-state index contributed by atoms with van der Waals surface area (Å²) in [5.74, 6) is 2.15. The second-order valence-corrected chi connectivity index (χ2v) is 6.53. The summed E-state index contributed by atoms with van der Waals surface area (Å²) in [6, 6.07) is 0.501. The SMILES string of the molecule is CCSCc1nc(COC)c(CNC(C)C)s1. The van der Waals surface area contributed by atoms with Gasteiger partial charge in [-0.1, -0.05) is 20.8 Å². The lowest BCUT2D eigenvalue weighted by molar-refractivity contribution is 0.181. The Morgan fingerprint density at radius 2 is 2.24 bits per heavy atom. The second-order valence-electron chi connectivity index (χ2n) is 4.08. The summed E-state index contributed by atoms with van der Waals surface area (Å²) in [5.41, 5.74) is 1.09. The minimum absolute atomic E-state index is 0.501. The van der Waals surface area contributed by atoms with Crippen molar-refractivity contribution in [2.75, 3.05) is 12.9 Å². The third kappa shape index (κ3) is 5.38. The molecule has 17 heavy (non-hydrogen) atoms.